The molecule has 1 aromatic carbocycles. The first-order valence-corrected chi connectivity index (χ1v) is 7.72. The fourth-order valence-corrected chi connectivity index (χ4v) is 2.36. The number of hydrogen-bond donors (Lipinski definition) is 1. The second-order valence-electron chi connectivity index (χ2n) is 5.66. The smallest absolute Gasteiger partial charge is 0.130 e. The molecule has 0 amide bonds. The van der Waals surface area contributed by atoms with E-state index in [1.807, 2.05) is 23.9 Å². The molecule has 1 N–H and O–H groups in total. The molecule has 112 valence electrons. The van der Waals surface area contributed by atoms with Gasteiger partial charge in [-0.1, -0.05) is 25.1 Å². The Labute approximate surface area is 126 Å². The van der Waals surface area contributed by atoms with Crippen LogP contribution in [-0.2, 0) is 26.6 Å². The van der Waals surface area contributed by atoms with E-state index in [-0.39, 0.29) is 0 Å². The van der Waals surface area contributed by atoms with E-state index < -0.39 is 0 Å². The average Bonchev–Trinajstić information content (AvgIpc) is 3.26. The molecule has 0 bridgehead atoms. The monoisotopic (exact) mass is 285 g/mol. The number of aromatic nitrogens is 2. The zero-order chi connectivity index (χ0) is 14.7. The summed E-state index contributed by atoms with van der Waals surface area (Å²) in [7, 11) is 1.97. The van der Waals surface area contributed by atoms with Crippen LogP contribution in [0.25, 0.3) is 0 Å². The van der Waals surface area contributed by atoms with Gasteiger partial charge in [-0.2, -0.15) is 5.10 Å². The van der Waals surface area contributed by atoms with Crippen LogP contribution in [0.3, 0.4) is 0 Å². The molecule has 0 radical (unpaired) electrons. The minimum atomic E-state index is 0.559. The van der Waals surface area contributed by atoms with E-state index in [1.54, 1.807) is 0 Å². The molecule has 1 heterocycles. The van der Waals surface area contributed by atoms with Gasteiger partial charge in [0, 0.05) is 25.2 Å². The van der Waals surface area contributed by atoms with Crippen LogP contribution in [0.2, 0.25) is 0 Å². The summed E-state index contributed by atoms with van der Waals surface area (Å²) in [5.74, 6) is 0.963. The van der Waals surface area contributed by atoms with E-state index in [4.69, 9.17) is 4.74 Å². The molecular weight excluding hydrogens is 262 g/mol. The Morgan fingerprint density at radius 1 is 1.33 bits per heavy atom. The summed E-state index contributed by atoms with van der Waals surface area (Å²) in [5.41, 5.74) is 3.44. The van der Waals surface area contributed by atoms with Crippen molar-refractivity contribution in [2.24, 2.45) is 7.05 Å². The van der Waals surface area contributed by atoms with Crippen LogP contribution in [0.1, 0.15) is 36.7 Å². The quantitative estimate of drug-likeness (QED) is 0.850. The predicted molar refractivity (Wildman–Crippen MR) is 83.2 cm³/mol. The van der Waals surface area contributed by atoms with Crippen molar-refractivity contribution >= 4 is 0 Å². The number of benzene rings is 1. The SMILES string of the molecule is CCc1cc(COc2ccccc2CNC2CC2)n(C)n1. The molecule has 4 nitrogen and oxygen atoms in total. The molecule has 1 aromatic heterocycles. The second kappa shape index (κ2) is 6.31. The van der Waals surface area contributed by atoms with E-state index in [1.165, 1.54) is 18.4 Å². The van der Waals surface area contributed by atoms with Crippen molar-refractivity contribution in [2.45, 2.75) is 45.4 Å². The molecule has 0 spiro atoms. The van der Waals surface area contributed by atoms with E-state index in [9.17, 15) is 0 Å². The molecule has 1 saturated carbocycles. The molecule has 1 aliphatic rings. The molecule has 0 atom stereocenters. The van der Waals surface area contributed by atoms with Gasteiger partial charge in [-0.05, 0) is 31.4 Å². The molecule has 21 heavy (non-hydrogen) atoms. The van der Waals surface area contributed by atoms with Gasteiger partial charge >= 0.3 is 0 Å². The molecule has 1 aliphatic carbocycles. The maximum atomic E-state index is 6.01. The molecule has 4 heteroatoms. The van der Waals surface area contributed by atoms with E-state index >= 15 is 0 Å². The van der Waals surface area contributed by atoms with E-state index in [0.717, 1.165) is 30.1 Å². The van der Waals surface area contributed by atoms with Crippen LogP contribution in [-0.4, -0.2) is 15.8 Å². The highest BCUT2D eigenvalue weighted by molar-refractivity contribution is 5.33. The molecule has 3 rings (SSSR count). The number of para-hydroxylation sites is 1. The van der Waals surface area contributed by atoms with Crippen LogP contribution in [0.5, 0.6) is 5.75 Å². The third kappa shape index (κ3) is 3.64. The summed E-state index contributed by atoms with van der Waals surface area (Å²) in [4.78, 5) is 0. The first-order valence-electron chi connectivity index (χ1n) is 7.72. The molecule has 1 fully saturated rings. The Balaban J connectivity index is 1.64. The number of nitrogens with one attached hydrogen (secondary N) is 1. The zero-order valence-electron chi connectivity index (χ0n) is 12.8. The van der Waals surface area contributed by atoms with Gasteiger partial charge in [-0.3, -0.25) is 4.68 Å². The minimum absolute atomic E-state index is 0.559. The van der Waals surface area contributed by atoms with Gasteiger partial charge in [0.05, 0.1) is 11.4 Å². The largest absolute Gasteiger partial charge is 0.487 e. The predicted octanol–water partition coefficient (Wildman–Crippen LogP) is 2.81. The Kier molecular flexibility index (Phi) is 4.25. The molecular formula is C17H23N3O. The Morgan fingerprint density at radius 3 is 2.86 bits per heavy atom. The highest BCUT2D eigenvalue weighted by atomic mass is 16.5. The van der Waals surface area contributed by atoms with E-state index in [2.05, 4.69) is 35.5 Å². The van der Waals surface area contributed by atoms with Gasteiger partial charge in [0.15, 0.2) is 0 Å². The van der Waals surface area contributed by atoms with Crippen LogP contribution >= 0.6 is 0 Å². The average molecular weight is 285 g/mol. The maximum absolute atomic E-state index is 6.01. The maximum Gasteiger partial charge on any atom is 0.130 e. The Morgan fingerprint density at radius 2 is 2.14 bits per heavy atom. The molecule has 2 aromatic rings. The number of aryl methyl sites for hydroxylation is 2. The lowest BCUT2D eigenvalue weighted by atomic mass is 10.2. The fraction of sp³-hybridized carbons (Fsp3) is 0.471. The first-order chi connectivity index (χ1) is 10.3. The number of nitrogens with zero attached hydrogens (tertiary/aromatic N) is 2. The van der Waals surface area contributed by atoms with Crippen molar-refractivity contribution in [3.63, 3.8) is 0 Å². The normalized spacial score (nSPS) is 14.4. The van der Waals surface area contributed by atoms with Crippen molar-refractivity contribution < 1.29 is 4.74 Å². The lowest BCUT2D eigenvalue weighted by molar-refractivity contribution is 0.291. The fourth-order valence-electron chi connectivity index (χ4n) is 2.36. The summed E-state index contributed by atoms with van der Waals surface area (Å²) in [6.07, 6.45) is 3.56. The number of hydrogen-bond acceptors (Lipinski definition) is 3. The zero-order valence-corrected chi connectivity index (χ0v) is 12.8. The van der Waals surface area contributed by atoms with Crippen molar-refractivity contribution in [3.8, 4) is 5.75 Å². The minimum Gasteiger partial charge on any atom is -0.487 e. The molecule has 0 saturated heterocycles. The molecule has 0 aliphatic heterocycles. The van der Waals surface area contributed by atoms with Gasteiger partial charge < -0.3 is 10.1 Å². The molecule has 0 unspecified atom stereocenters. The lowest BCUT2D eigenvalue weighted by Crippen LogP contribution is -2.16. The third-order valence-corrected chi connectivity index (χ3v) is 3.90. The van der Waals surface area contributed by atoms with Crippen molar-refractivity contribution in [1.82, 2.24) is 15.1 Å². The Hall–Kier alpha value is -1.81. The first kappa shape index (κ1) is 14.1. The summed E-state index contributed by atoms with van der Waals surface area (Å²) in [5, 5.41) is 7.99. The topological polar surface area (TPSA) is 39.1 Å². The van der Waals surface area contributed by atoms with Crippen molar-refractivity contribution in [1.29, 1.82) is 0 Å². The van der Waals surface area contributed by atoms with E-state index in [0.29, 0.717) is 12.6 Å². The Bertz CT molecular complexity index is 602. The van der Waals surface area contributed by atoms with Crippen molar-refractivity contribution in [3.05, 3.63) is 47.3 Å². The summed E-state index contributed by atoms with van der Waals surface area (Å²) in [6, 6.07) is 11.1. The van der Waals surface area contributed by atoms with Crippen LogP contribution in [0.15, 0.2) is 30.3 Å². The number of rotatable bonds is 7. The second-order valence-corrected chi connectivity index (χ2v) is 5.66. The third-order valence-electron chi connectivity index (χ3n) is 3.90. The summed E-state index contributed by atoms with van der Waals surface area (Å²) < 4.78 is 7.92. The van der Waals surface area contributed by atoms with Gasteiger partial charge in [0.1, 0.15) is 12.4 Å². The summed E-state index contributed by atoms with van der Waals surface area (Å²) >= 11 is 0. The van der Waals surface area contributed by atoms with Crippen LogP contribution in [0.4, 0.5) is 0 Å². The van der Waals surface area contributed by atoms with Gasteiger partial charge in [-0.25, -0.2) is 0 Å². The van der Waals surface area contributed by atoms with Crippen LogP contribution < -0.4 is 10.1 Å². The summed E-state index contributed by atoms with van der Waals surface area (Å²) in [6.45, 7) is 3.56. The lowest BCUT2D eigenvalue weighted by Gasteiger charge is -2.12. The van der Waals surface area contributed by atoms with Gasteiger partial charge in [0.25, 0.3) is 0 Å². The standard InChI is InChI=1S/C17H23N3O/c1-3-14-10-16(20(2)19-14)12-21-17-7-5-4-6-13(17)11-18-15-8-9-15/h4-7,10,15,18H,3,8-9,11-12H2,1-2H3. The highest BCUT2D eigenvalue weighted by Gasteiger charge is 2.20. The van der Waals surface area contributed by atoms with Crippen LogP contribution in [0, 0.1) is 0 Å². The van der Waals surface area contributed by atoms with Gasteiger partial charge in [-0.15, -0.1) is 0 Å². The van der Waals surface area contributed by atoms with Crippen molar-refractivity contribution in [2.75, 3.05) is 0 Å². The highest BCUT2D eigenvalue weighted by Crippen LogP contribution is 2.23. The van der Waals surface area contributed by atoms with Gasteiger partial charge in [0.2, 0.25) is 0 Å². The number of ether oxygens (including phenoxy) is 1.